The first-order chi connectivity index (χ1) is 9.24. The Morgan fingerprint density at radius 2 is 1.79 bits per heavy atom. The van der Waals surface area contributed by atoms with Crippen LogP contribution in [0.4, 0.5) is 5.69 Å². The number of rotatable bonds is 4. The molecule has 0 aliphatic heterocycles. The molecule has 0 amide bonds. The summed E-state index contributed by atoms with van der Waals surface area (Å²) in [5.41, 5.74) is 2.29. The van der Waals surface area contributed by atoms with E-state index in [0.717, 1.165) is 12.0 Å². The van der Waals surface area contributed by atoms with Crippen molar-refractivity contribution >= 4 is 5.69 Å². The summed E-state index contributed by atoms with van der Waals surface area (Å²) in [6.45, 7) is 2.03. The Morgan fingerprint density at radius 3 is 2.42 bits per heavy atom. The van der Waals surface area contributed by atoms with Crippen LogP contribution in [0.15, 0.2) is 24.3 Å². The Balaban J connectivity index is 2.19. The first kappa shape index (κ1) is 14.4. The molecule has 1 aromatic carbocycles. The van der Waals surface area contributed by atoms with Gasteiger partial charge in [0, 0.05) is 24.3 Å². The van der Waals surface area contributed by atoms with Gasteiger partial charge in [-0.25, -0.2) is 0 Å². The Labute approximate surface area is 117 Å². The van der Waals surface area contributed by atoms with Gasteiger partial charge in [-0.1, -0.05) is 50.8 Å². The largest absolute Gasteiger partial charge is 0.388 e. The zero-order chi connectivity index (χ0) is 13.7. The number of hydrogen-bond acceptors (Lipinski definition) is 2. The highest BCUT2D eigenvalue weighted by molar-refractivity contribution is 5.54. The van der Waals surface area contributed by atoms with E-state index < -0.39 is 0 Å². The molecule has 0 spiro atoms. The summed E-state index contributed by atoms with van der Waals surface area (Å²) in [5, 5.41) is 10.2. The summed E-state index contributed by atoms with van der Waals surface area (Å²) in [6, 6.07) is 8.95. The molecule has 0 radical (unpaired) electrons. The maximum absolute atomic E-state index is 10.2. The highest BCUT2D eigenvalue weighted by Gasteiger charge is 2.20. The lowest BCUT2D eigenvalue weighted by molar-refractivity contribution is 0.174. The third-order valence-corrected chi connectivity index (χ3v) is 4.43. The number of benzene rings is 1. The van der Waals surface area contributed by atoms with Crippen LogP contribution < -0.4 is 4.90 Å². The molecule has 19 heavy (non-hydrogen) atoms. The third kappa shape index (κ3) is 3.50. The van der Waals surface area contributed by atoms with Crippen molar-refractivity contribution in [2.75, 3.05) is 11.9 Å². The second-order valence-electron chi connectivity index (χ2n) is 5.74. The van der Waals surface area contributed by atoms with Crippen LogP contribution in [0.1, 0.15) is 63.5 Å². The minimum absolute atomic E-state index is 0.343. The lowest BCUT2D eigenvalue weighted by Gasteiger charge is -2.32. The van der Waals surface area contributed by atoms with E-state index in [9.17, 15) is 5.11 Å². The fourth-order valence-corrected chi connectivity index (χ4v) is 3.15. The Morgan fingerprint density at radius 1 is 1.16 bits per heavy atom. The van der Waals surface area contributed by atoms with Crippen molar-refractivity contribution in [2.45, 2.75) is 64.0 Å². The standard InChI is InChI=1S/C17H27NO/c1-3-17(19)15-12-8-9-13-16(15)18(2)14-10-6-4-5-7-11-14/h8-9,12-14,17,19H,3-7,10-11H2,1-2H3/t17-/m1/s1. The molecule has 2 nitrogen and oxygen atoms in total. The van der Waals surface area contributed by atoms with E-state index in [2.05, 4.69) is 30.1 Å². The van der Waals surface area contributed by atoms with Crippen molar-refractivity contribution in [3.8, 4) is 0 Å². The highest BCUT2D eigenvalue weighted by atomic mass is 16.3. The van der Waals surface area contributed by atoms with Crippen molar-refractivity contribution in [3.63, 3.8) is 0 Å². The first-order valence-corrected chi connectivity index (χ1v) is 7.74. The maximum atomic E-state index is 10.2. The summed E-state index contributed by atoms with van der Waals surface area (Å²) in [5.74, 6) is 0. The SMILES string of the molecule is CC[C@@H](O)c1ccccc1N(C)C1CCCCCC1. The Bertz CT molecular complexity index is 383. The van der Waals surface area contributed by atoms with E-state index in [1.54, 1.807) is 0 Å². The molecule has 0 saturated heterocycles. The molecule has 1 aliphatic rings. The van der Waals surface area contributed by atoms with E-state index in [4.69, 9.17) is 0 Å². The highest BCUT2D eigenvalue weighted by Crippen LogP contribution is 2.31. The van der Waals surface area contributed by atoms with Gasteiger partial charge in [0.15, 0.2) is 0 Å². The molecule has 0 bridgehead atoms. The predicted molar refractivity (Wildman–Crippen MR) is 81.6 cm³/mol. The lowest BCUT2D eigenvalue weighted by atomic mass is 10.0. The van der Waals surface area contributed by atoms with Gasteiger partial charge in [0.25, 0.3) is 0 Å². The first-order valence-electron chi connectivity index (χ1n) is 7.74. The Kier molecular flexibility index (Phi) is 5.26. The normalized spacial score (nSPS) is 18.9. The van der Waals surface area contributed by atoms with Crippen molar-refractivity contribution in [1.29, 1.82) is 0 Å². The quantitative estimate of drug-likeness (QED) is 0.817. The molecular formula is C17H27NO. The van der Waals surface area contributed by atoms with Crippen molar-refractivity contribution < 1.29 is 5.11 Å². The van der Waals surface area contributed by atoms with Crippen molar-refractivity contribution in [2.24, 2.45) is 0 Å². The molecule has 1 N–H and O–H groups in total. The second kappa shape index (κ2) is 6.95. The third-order valence-electron chi connectivity index (χ3n) is 4.43. The maximum Gasteiger partial charge on any atom is 0.0807 e. The number of nitrogens with zero attached hydrogens (tertiary/aromatic N) is 1. The van der Waals surface area contributed by atoms with Gasteiger partial charge in [-0.3, -0.25) is 0 Å². The summed E-state index contributed by atoms with van der Waals surface area (Å²) in [7, 11) is 2.19. The smallest absolute Gasteiger partial charge is 0.0807 e. The number of hydrogen-bond donors (Lipinski definition) is 1. The number of aliphatic hydroxyl groups is 1. The summed E-state index contributed by atoms with van der Waals surface area (Å²) < 4.78 is 0. The van der Waals surface area contributed by atoms with Gasteiger partial charge < -0.3 is 10.0 Å². The zero-order valence-electron chi connectivity index (χ0n) is 12.3. The lowest BCUT2D eigenvalue weighted by Crippen LogP contribution is -2.32. The fraction of sp³-hybridized carbons (Fsp3) is 0.647. The second-order valence-corrected chi connectivity index (χ2v) is 5.74. The molecule has 1 fully saturated rings. The molecule has 2 rings (SSSR count). The van der Waals surface area contributed by atoms with Gasteiger partial charge in [0.05, 0.1) is 6.10 Å². The fourth-order valence-electron chi connectivity index (χ4n) is 3.15. The summed E-state index contributed by atoms with van der Waals surface area (Å²) in [6.07, 6.45) is 8.44. The molecule has 1 aromatic rings. The van der Waals surface area contributed by atoms with Gasteiger partial charge in [0.2, 0.25) is 0 Å². The van der Waals surface area contributed by atoms with Crippen LogP contribution in [-0.4, -0.2) is 18.2 Å². The number of para-hydroxylation sites is 1. The molecule has 1 atom stereocenters. The monoisotopic (exact) mass is 261 g/mol. The summed E-state index contributed by atoms with van der Waals surface area (Å²) in [4.78, 5) is 2.40. The topological polar surface area (TPSA) is 23.5 Å². The van der Waals surface area contributed by atoms with Crippen molar-refractivity contribution in [3.05, 3.63) is 29.8 Å². The van der Waals surface area contributed by atoms with Gasteiger partial charge in [-0.05, 0) is 25.3 Å². The molecule has 0 unspecified atom stereocenters. The van der Waals surface area contributed by atoms with E-state index in [1.807, 2.05) is 13.0 Å². The number of aliphatic hydroxyl groups excluding tert-OH is 1. The summed E-state index contributed by atoms with van der Waals surface area (Å²) >= 11 is 0. The van der Waals surface area contributed by atoms with E-state index in [1.165, 1.54) is 44.2 Å². The van der Waals surface area contributed by atoms with Gasteiger partial charge in [-0.15, -0.1) is 0 Å². The molecule has 0 aromatic heterocycles. The van der Waals surface area contributed by atoms with Crippen LogP contribution in [0, 0.1) is 0 Å². The van der Waals surface area contributed by atoms with Crippen LogP contribution in [0.2, 0.25) is 0 Å². The molecule has 2 heteroatoms. The predicted octanol–water partition coefficient (Wildman–Crippen LogP) is 4.29. The Hall–Kier alpha value is -1.02. The molecule has 106 valence electrons. The molecular weight excluding hydrogens is 234 g/mol. The molecule has 0 heterocycles. The van der Waals surface area contributed by atoms with E-state index >= 15 is 0 Å². The van der Waals surface area contributed by atoms with Gasteiger partial charge >= 0.3 is 0 Å². The van der Waals surface area contributed by atoms with Gasteiger partial charge in [-0.2, -0.15) is 0 Å². The van der Waals surface area contributed by atoms with E-state index in [0.29, 0.717) is 6.04 Å². The van der Waals surface area contributed by atoms with Crippen LogP contribution in [0.25, 0.3) is 0 Å². The van der Waals surface area contributed by atoms with Crippen LogP contribution in [0.3, 0.4) is 0 Å². The minimum Gasteiger partial charge on any atom is -0.388 e. The zero-order valence-corrected chi connectivity index (χ0v) is 12.3. The van der Waals surface area contributed by atoms with Crippen molar-refractivity contribution in [1.82, 2.24) is 0 Å². The van der Waals surface area contributed by atoms with E-state index in [-0.39, 0.29) is 6.10 Å². The van der Waals surface area contributed by atoms with Gasteiger partial charge in [0.1, 0.15) is 0 Å². The average Bonchev–Trinajstić information content (AvgIpc) is 2.74. The van der Waals surface area contributed by atoms with Crippen LogP contribution >= 0.6 is 0 Å². The van der Waals surface area contributed by atoms with Crippen LogP contribution in [0.5, 0.6) is 0 Å². The molecule has 1 aliphatic carbocycles. The molecule has 1 saturated carbocycles. The minimum atomic E-state index is -0.343. The van der Waals surface area contributed by atoms with Crippen LogP contribution in [-0.2, 0) is 0 Å². The number of anilines is 1. The average molecular weight is 261 g/mol.